The summed E-state index contributed by atoms with van der Waals surface area (Å²) in [7, 11) is 0. The van der Waals surface area contributed by atoms with Crippen LogP contribution in [0.2, 0.25) is 0 Å². The van der Waals surface area contributed by atoms with Crippen LogP contribution < -0.4 is 16.0 Å². The summed E-state index contributed by atoms with van der Waals surface area (Å²) in [6.07, 6.45) is 2.66. The molecule has 1 atom stereocenters. The molecule has 110 valence electrons. The van der Waals surface area contributed by atoms with Crippen LogP contribution in [0.5, 0.6) is 0 Å². The zero-order valence-corrected chi connectivity index (χ0v) is 12.4. The summed E-state index contributed by atoms with van der Waals surface area (Å²) in [5.74, 6) is 0.110. The smallest absolute Gasteiger partial charge is 0.221 e. The minimum Gasteiger partial charge on any atom is -0.367 e. The number of hydrogen-bond acceptors (Lipinski definition) is 3. The van der Waals surface area contributed by atoms with E-state index in [1.54, 1.807) is 0 Å². The quantitative estimate of drug-likeness (QED) is 0.859. The number of benzene rings is 1. The maximum Gasteiger partial charge on any atom is 0.221 e. The van der Waals surface area contributed by atoms with E-state index in [0.29, 0.717) is 19.0 Å². The fourth-order valence-electron chi connectivity index (χ4n) is 2.84. The van der Waals surface area contributed by atoms with Crippen LogP contribution in [-0.2, 0) is 11.2 Å². The van der Waals surface area contributed by atoms with Gasteiger partial charge in [0.1, 0.15) is 0 Å². The molecule has 4 heteroatoms. The maximum atomic E-state index is 11.8. The second-order valence-electron chi connectivity index (χ2n) is 5.72. The molecule has 1 aliphatic heterocycles. The van der Waals surface area contributed by atoms with Crippen molar-refractivity contribution < 1.29 is 4.79 Å². The Morgan fingerprint density at radius 2 is 2.20 bits per heavy atom. The van der Waals surface area contributed by atoms with E-state index >= 15 is 0 Å². The number of carbonyl (C=O) groups excluding carboxylic acids is 1. The van der Waals surface area contributed by atoms with E-state index in [-0.39, 0.29) is 11.9 Å². The van der Waals surface area contributed by atoms with Crippen molar-refractivity contribution in [2.45, 2.75) is 45.2 Å². The van der Waals surface area contributed by atoms with Crippen molar-refractivity contribution >= 4 is 11.6 Å². The molecule has 0 bridgehead atoms. The highest BCUT2D eigenvalue weighted by atomic mass is 16.1. The third kappa shape index (κ3) is 3.51. The Kier molecular flexibility index (Phi) is 5.01. The first kappa shape index (κ1) is 14.9. The van der Waals surface area contributed by atoms with E-state index in [9.17, 15) is 4.79 Å². The summed E-state index contributed by atoms with van der Waals surface area (Å²) in [4.78, 5) is 14.1. The van der Waals surface area contributed by atoms with Crippen molar-refractivity contribution in [3.05, 3.63) is 29.8 Å². The molecule has 0 aliphatic carbocycles. The van der Waals surface area contributed by atoms with Gasteiger partial charge in [-0.05, 0) is 38.3 Å². The lowest BCUT2D eigenvalue weighted by Gasteiger charge is -2.38. The number of nitrogens with one attached hydrogen (secondary N) is 1. The topological polar surface area (TPSA) is 58.4 Å². The summed E-state index contributed by atoms with van der Waals surface area (Å²) in [6, 6.07) is 8.98. The van der Waals surface area contributed by atoms with Gasteiger partial charge in [-0.2, -0.15) is 0 Å². The number of para-hydroxylation sites is 1. The Bertz CT molecular complexity index is 459. The van der Waals surface area contributed by atoms with Gasteiger partial charge in [0.05, 0.1) is 0 Å². The van der Waals surface area contributed by atoms with Crippen LogP contribution in [0.3, 0.4) is 0 Å². The number of nitrogens with two attached hydrogens (primary N) is 1. The lowest BCUT2D eigenvalue weighted by Crippen LogP contribution is -2.46. The number of hydrogen-bond donors (Lipinski definition) is 2. The molecule has 0 saturated carbocycles. The van der Waals surface area contributed by atoms with Crippen LogP contribution >= 0.6 is 0 Å². The molecule has 0 aromatic heterocycles. The van der Waals surface area contributed by atoms with Gasteiger partial charge < -0.3 is 16.0 Å². The lowest BCUT2D eigenvalue weighted by atomic mass is 9.95. The molecular formula is C16H25N3O. The molecule has 20 heavy (non-hydrogen) atoms. The molecule has 1 unspecified atom stereocenters. The van der Waals surface area contributed by atoms with Gasteiger partial charge in [0.15, 0.2) is 0 Å². The SMILES string of the molecule is CC(C)NC(=O)CCN1c2ccccc2CCC1CN. The molecule has 4 nitrogen and oxygen atoms in total. The molecule has 0 saturated heterocycles. The summed E-state index contributed by atoms with van der Waals surface area (Å²) in [6.45, 7) is 5.34. The summed E-state index contributed by atoms with van der Waals surface area (Å²) >= 11 is 0. The second-order valence-corrected chi connectivity index (χ2v) is 5.72. The fourth-order valence-corrected chi connectivity index (χ4v) is 2.84. The number of fused-ring (bicyclic) bond motifs is 1. The van der Waals surface area contributed by atoms with E-state index in [1.165, 1.54) is 11.3 Å². The molecule has 0 radical (unpaired) electrons. The highest BCUT2D eigenvalue weighted by Gasteiger charge is 2.25. The molecule has 1 aromatic rings. The first-order valence-electron chi connectivity index (χ1n) is 7.45. The third-order valence-electron chi connectivity index (χ3n) is 3.79. The van der Waals surface area contributed by atoms with Gasteiger partial charge in [-0.25, -0.2) is 0 Å². The summed E-state index contributed by atoms with van der Waals surface area (Å²) in [5.41, 5.74) is 8.50. The highest BCUT2D eigenvalue weighted by Crippen LogP contribution is 2.30. The first-order chi connectivity index (χ1) is 9.61. The monoisotopic (exact) mass is 275 g/mol. The van der Waals surface area contributed by atoms with Gasteiger partial charge in [0.2, 0.25) is 5.91 Å². The highest BCUT2D eigenvalue weighted by molar-refractivity contribution is 5.77. The minimum atomic E-state index is 0.110. The van der Waals surface area contributed by atoms with Gasteiger partial charge in [-0.1, -0.05) is 18.2 Å². The summed E-state index contributed by atoms with van der Waals surface area (Å²) in [5, 5.41) is 2.94. The molecule has 3 N–H and O–H groups in total. The normalized spacial score (nSPS) is 18.0. The minimum absolute atomic E-state index is 0.110. The Balaban J connectivity index is 2.05. The van der Waals surface area contributed by atoms with Crippen LogP contribution in [0.15, 0.2) is 24.3 Å². The van der Waals surface area contributed by atoms with E-state index < -0.39 is 0 Å². The number of anilines is 1. The molecule has 1 amide bonds. The second kappa shape index (κ2) is 6.75. The average molecular weight is 275 g/mol. The zero-order valence-electron chi connectivity index (χ0n) is 12.4. The van der Waals surface area contributed by atoms with Crippen molar-refractivity contribution in [1.29, 1.82) is 0 Å². The average Bonchev–Trinajstić information content (AvgIpc) is 2.43. The number of nitrogens with zero attached hydrogens (tertiary/aromatic N) is 1. The summed E-state index contributed by atoms with van der Waals surface area (Å²) < 4.78 is 0. The Morgan fingerprint density at radius 1 is 1.45 bits per heavy atom. The molecular weight excluding hydrogens is 250 g/mol. The lowest BCUT2D eigenvalue weighted by molar-refractivity contribution is -0.121. The van der Waals surface area contributed by atoms with Gasteiger partial charge in [-0.15, -0.1) is 0 Å². The molecule has 1 heterocycles. The molecule has 2 rings (SSSR count). The molecule has 0 fully saturated rings. The molecule has 1 aliphatic rings. The first-order valence-corrected chi connectivity index (χ1v) is 7.45. The van der Waals surface area contributed by atoms with E-state index in [1.807, 2.05) is 13.8 Å². The third-order valence-corrected chi connectivity index (χ3v) is 3.79. The van der Waals surface area contributed by atoms with Crippen molar-refractivity contribution in [2.24, 2.45) is 5.73 Å². The maximum absolute atomic E-state index is 11.8. The standard InChI is InChI=1S/C16H25N3O/c1-12(2)18-16(20)9-10-19-14(11-17)8-7-13-5-3-4-6-15(13)19/h3-6,12,14H,7-11,17H2,1-2H3,(H,18,20). The number of aryl methyl sites for hydroxylation is 1. The van der Waals surface area contributed by atoms with Crippen LogP contribution in [-0.4, -0.2) is 31.1 Å². The van der Waals surface area contributed by atoms with Crippen LogP contribution in [0, 0.1) is 0 Å². The van der Waals surface area contributed by atoms with Crippen molar-refractivity contribution in [1.82, 2.24) is 5.32 Å². The number of carbonyl (C=O) groups is 1. The van der Waals surface area contributed by atoms with Crippen molar-refractivity contribution in [3.63, 3.8) is 0 Å². The Hall–Kier alpha value is -1.55. The van der Waals surface area contributed by atoms with Crippen molar-refractivity contribution in [3.8, 4) is 0 Å². The van der Waals surface area contributed by atoms with E-state index in [0.717, 1.165) is 19.4 Å². The van der Waals surface area contributed by atoms with Gasteiger partial charge in [0, 0.05) is 37.3 Å². The van der Waals surface area contributed by atoms with Gasteiger partial charge in [0.25, 0.3) is 0 Å². The molecule has 0 spiro atoms. The number of rotatable bonds is 5. The fraction of sp³-hybridized carbons (Fsp3) is 0.562. The largest absolute Gasteiger partial charge is 0.367 e. The predicted molar refractivity (Wildman–Crippen MR) is 82.8 cm³/mol. The Labute approximate surface area is 121 Å². The zero-order chi connectivity index (χ0) is 14.5. The molecule has 1 aromatic carbocycles. The van der Waals surface area contributed by atoms with Gasteiger partial charge >= 0.3 is 0 Å². The number of amides is 1. The van der Waals surface area contributed by atoms with E-state index in [4.69, 9.17) is 5.73 Å². The van der Waals surface area contributed by atoms with E-state index in [2.05, 4.69) is 34.5 Å². The van der Waals surface area contributed by atoms with Crippen LogP contribution in [0.4, 0.5) is 5.69 Å². The van der Waals surface area contributed by atoms with Crippen molar-refractivity contribution in [2.75, 3.05) is 18.0 Å². The Morgan fingerprint density at radius 3 is 2.90 bits per heavy atom. The van der Waals surface area contributed by atoms with Crippen LogP contribution in [0.1, 0.15) is 32.3 Å². The van der Waals surface area contributed by atoms with Gasteiger partial charge in [-0.3, -0.25) is 4.79 Å². The van der Waals surface area contributed by atoms with Crippen LogP contribution in [0.25, 0.3) is 0 Å². The predicted octanol–water partition coefficient (Wildman–Crippen LogP) is 1.68.